The minimum atomic E-state index is -0.470. The van der Waals surface area contributed by atoms with Gasteiger partial charge in [0.05, 0.1) is 18.2 Å². The molecule has 28 heavy (non-hydrogen) atoms. The first-order valence-corrected chi connectivity index (χ1v) is 9.76. The normalized spacial score (nSPS) is 16.5. The maximum absolute atomic E-state index is 12.8. The molecule has 2 aromatic carbocycles. The summed E-state index contributed by atoms with van der Waals surface area (Å²) in [5.41, 5.74) is 3.09. The second kappa shape index (κ2) is 9.37. The molecule has 0 aromatic heterocycles. The third-order valence-corrected chi connectivity index (χ3v) is 4.93. The Morgan fingerprint density at radius 3 is 2.61 bits per heavy atom. The van der Waals surface area contributed by atoms with Crippen LogP contribution in [-0.4, -0.2) is 47.6 Å². The van der Waals surface area contributed by atoms with E-state index in [9.17, 15) is 14.7 Å². The Labute approximate surface area is 165 Å². The zero-order valence-corrected chi connectivity index (χ0v) is 16.1. The van der Waals surface area contributed by atoms with Crippen molar-refractivity contribution in [2.75, 3.05) is 30.3 Å². The van der Waals surface area contributed by atoms with Crippen LogP contribution in [0.25, 0.3) is 0 Å². The molecule has 1 saturated heterocycles. The average molecular weight is 381 g/mol. The smallest absolute Gasteiger partial charge is 0.256 e. The van der Waals surface area contributed by atoms with Crippen LogP contribution < -0.4 is 10.6 Å². The van der Waals surface area contributed by atoms with E-state index >= 15 is 0 Å². The molecule has 1 aliphatic rings. The van der Waals surface area contributed by atoms with Gasteiger partial charge in [-0.15, -0.1) is 0 Å². The molecule has 0 bridgehead atoms. The number of hydrogen-bond donors (Lipinski definition) is 3. The molecule has 2 aromatic rings. The average Bonchev–Trinajstić information content (AvgIpc) is 2.72. The lowest BCUT2D eigenvalue weighted by Crippen LogP contribution is -2.42. The lowest BCUT2D eigenvalue weighted by molar-refractivity contribution is -0.114. The van der Waals surface area contributed by atoms with Crippen LogP contribution in [0.2, 0.25) is 0 Å². The zero-order chi connectivity index (χ0) is 19.9. The molecule has 2 amide bonds. The molecule has 3 rings (SSSR count). The summed E-state index contributed by atoms with van der Waals surface area (Å²) in [6.07, 6.45) is 2.00. The molecule has 1 aliphatic heterocycles. The quantitative estimate of drug-likeness (QED) is 0.719. The highest BCUT2D eigenvalue weighted by atomic mass is 16.3. The van der Waals surface area contributed by atoms with E-state index in [0.29, 0.717) is 24.3 Å². The van der Waals surface area contributed by atoms with Gasteiger partial charge < -0.3 is 20.6 Å². The van der Waals surface area contributed by atoms with E-state index in [0.717, 1.165) is 24.9 Å². The number of rotatable bonds is 6. The highest BCUT2D eigenvalue weighted by Crippen LogP contribution is 2.20. The highest BCUT2D eigenvalue weighted by Gasteiger charge is 2.24. The number of aliphatic hydroxyl groups is 1. The van der Waals surface area contributed by atoms with Crippen molar-refractivity contribution < 1.29 is 14.7 Å². The van der Waals surface area contributed by atoms with Crippen molar-refractivity contribution in [2.45, 2.75) is 32.3 Å². The molecule has 1 heterocycles. The summed E-state index contributed by atoms with van der Waals surface area (Å²) >= 11 is 0. The van der Waals surface area contributed by atoms with Crippen molar-refractivity contribution in [3.63, 3.8) is 0 Å². The summed E-state index contributed by atoms with van der Waals surface area (Å²) < 4.78 is 0. The summed E-state index contributed by atoms with van der Waals surface area (Å²) in [6, 6.07) is 14.9. The Hall–Kier alpha value is -2.86. The van der Waals surface area contributed by atoms with Gasteiger partial charge in [-0.25, -0.2) is 0 Å². The molecule has 6 nitrogen and oxygen atoms in total. The summed E-state index contributed by atoms with van der Waals surface area (Å²) in [4.78, 5) is 26.8. The van der Waals surface area contributed by atoms with E-state index in [-0.39, 0.29) is 18.4 Å². The Morgan fingerprint density at radius 2 is 1.89 bits per heavy atom. The number of β-amino-alcohol motifs (C(OH)–C–C–N with tert-alkyl or cyclic N) is 1. The maximum atomic E-state index is 12.8. The summed E-state index contributed by atoms with van der Waals surface area (Å²) in [5.74, 6) is -0.308. The molecular formula is C22H27N3O3. The molecule has 0 radical (unpaired) electrons. The van der Waals surface area contributed by atoms with Crippen molar-refractivity contribution in [1.29, 1.82) is 0 Å². The molecule has 148 valence electrons. The summed E-state index contributed by atoms with van der Waals surface area (Å²) in [6.45, 7) is 3.13. The molecule has 6 heteroatoms. The number of nitrogens with one attached hydrogen (secondary N) is 2. The minimum Gasteiger partial charge on any atom is -0.391 e. The number of aryl methyl sites for hydroxylation is 1. The first-order valence-electron chi connectivity index (χ1n) is 9.76. The molecule has 1 atom stereocenters. The monoisotopic (exact) mass is 381 g/mol. The predicted molar refractivity (Wildman–Crippen MR) is 111 cm³/mol. The largest absolute Gasteiger partial charge is 0.391 e. The third-order valence-electron chi connectivity index (χ3n) is 4.93. The number of para-hydroxylation sites is 1. The Kier molecular flexibility index (Phi) is 6.66. The van der Waals surface area contributed by atoms with Gasteiger partial charge in [-0.2, -0.15) is 0 Å². The summed E-state index contributed by atoms with van der Waals surface area (Å²) in [5, 5.41) is 15.7. The number of likely N-dealkylation sites (tertiary alicyclic amines) is 1. The second-order valence-corrected chi connectivity index (χ2v) is 7.05. The van der Waals surface area contributed by atoms with Crippen LogP contribution in [0.3, 0.4) is 0 Å². The lowest BCUT2D eigenvalue weighted by Gasteiger charge is -2.30. The fourth-order valence-electron chi connectivity index (χ4n) is 3.34. The topological polar surface area (TPSA) is 81.7 Å². The maximum Gasteiger partial charge on any atom is 0.256 e. The number of carbonyl (C=O) groups excluding carboxylic acids is 2. The molecule has 0 saturated carbocycles. The predicted octanol–water partition coefficient (Wildman–Crippen LogP) is 2.90. The van der Waals surface area contributed by atoms with Gasteiger partial charge in [0.25, 0.3) is 5.91 Å². The van der Waals surface area contributed by atoms with Crippen LogP contribution in [0.4, 0.5) is 11.4 Å². The Bertz CT molecular complexity index is 820. The fourth-order valence-corrected chi connectivity index (χ4v) is 3.34. The first-order chi connectivity index (χ1) is 13.6. The summed E-state index contributed by atoms with van der Waals surface area (Å²) in [7, 11) is 0. The molecule has 1 fully saturated rings. The van der Waals surface area contributed by atoms with E-state index in [4.69, 9.17) is 0 Å². The van der Waals surface area contributed by atoms with Gasteiger partial charge in [-0.3, -0.25) is 9.59 Å². The van der Waals surface area contributed by atoms with Gasteiger partial charge in [-0.05, 0) is 49.1 Å². The zero-order valence-electron chi connectivity index (χ0n) is 16.1. The van der Waals surface area contributed by atoms with Crippen molar-refractivity contribution >= 4 is 23.2 Å². The van der Waals surface area contributed by atoms with Gasteiger partial charge in [0.1, 0.15) is 0 Å². The van der Waals surface area contributed by atoms with E-state index in [1.165, 1.54) is 5.56 Å². The number of aliphatic hydroxyl groups excluding tert-OH is 1. The molecule has 0 unspecified atom stereocenters. The van der Waals surface area contributed by atoms with Crippen LogP contribution in [-0.2, 0) is 11.2 Å². The van der Waals surface area contributed by atoms with Gasteiger partial charge in [-0.1, -0.05) is 31.2 Å². The number of benzene rings is 2. The number of hydrogen-bond acceptors (Lipinski definition) is 4. The van der Waals surface area contributed by atoms with Crippen molar-refractivity contribution in [2.24, 2.45) is 0 Å². The Morgan fingerprint density at radius 1 is 1.14 bits per heavy atom. The van der Waals surface area contributed by atoms with Crippen LogP contribution in [0, 0.1) is 0 Å². The lowest BCUT2D eigenvalue weighted by atomic mass is 10.1. The van der Waals surface area contributed by atoms with E-state index in [2.05, 4.69) is 17.6 Å². The van der Waals surface area contributed by atoms with E-state index in [1.54, 1.807) is 23.1 Å². The van der Waals surface area contributed by atoms with Crippen LogP contribution in [0.1, 0.15) is 35.7 Å². The van der Waals surface area contributed by atoms with E-state index in [1.807, 2.05) is 30.3 Å². The van der Waals surface area contributed by atoms with Crippen molar-refractivity contribution in [1.82, 2.24) is 4.90 Å². The number of anilines is 2. The van der Waals surface area contributed by atoms with Crippen molar-refractivity contribution in [3.05, 3.63) is 59.7 Å². The van der Waals surface area contributed by atoms with Crippen LogP contribution in [0.15, 0.2) is 48.5 Å². The van der Waals surface area contributed by atoms with Gasteiger partial charge in [0.15, 0.2) is 0 Å². The molecule has 0 spiro atoms. The van der Waals surface area contributed by atoms with Gasteiger partial charge >= 0.3 is 0 Å². The number of carbonyl (C=O) groups is 2. The molecule has 3 N–H and O–H groups in total. The standard InChI is InChI=1S/C22H27N3O3/c1-2-16-9-11-17(12-10-16)24-21(27)14-23-20-8-4-3-7-19(20)22(28)25-13-5-6-18(26)15-25/h3-4,7-12,18,23,26H,2,5-6,13-15H2,1H3,(H,24,27)/t18-/m1/s1. The third kappa shape index (κ3) is 5.10. The van der Waals surface area contributed by atoms with Gasteiger partial charge in [0, 0.05) is 24.5 Å². The SMILES string of the molecule is CCc1ccc(NC(=O)CNc2ccccc2C(=O)N2CCC[C@@H](O)C2)cc1. The highest BCUT2D eigenvalue weighted by molar-refractivity contribution is 6.01. The van der Waals surface area contributed by atoms with Crippen molar-refractivity contribution in [3.8, 4) is 0 Å². The number of nitrogens with zero attached hydrogens (tertiary/aromatic N) is 1. The minimum absolute atomic E-state index is 0.0580. The number of amides is 2. The van der Waals surface area contributed by atoms with Gasteiger partial charge in [0.2, 0.25) is 5.91 Å². The van der Waals surface area contributed by atoms with Crippen LogP contribution in [0.5, 0.6) is 0 Å². The first kappa shape index (κ1) is 19.9. The Balaban J connectivity index is 1.61. The molecule has 0 aliphatic carbocycles. The molecular weight excluding hydrogens is 354 g/mol. The number of piperidine rings is 1. The van der Waals surface area contributed by atoms with E-state index < -0.39 is 6.10 Å². The van der Waals surface area contributed by atoms with Crippen LogP contribution >= 0.6 is 0 Å². The second-order valence-electron chi connectivity index (χ2n) is 7.05. The fraction of sp³-hybridized carbons (Fsp3) is 0.364.